The van der Waals surface area contributed by atoms with Gasteiger partial charge in [0.05, 0.1) is 0 Å². The predicted octanol–water partition coefficient (Wildman–Crippen LogP) is 4.42. The van der Waals surface area contributed by atoms with E-state index >= 15 is 0 Å². The Bertz CT molecular complexity index is 246. The molecule has 0 atom stereocenters. The van der Waals surface area contributed by atoms with E-state index in [0.717, 1.165) is 8.95 Å². The van der Waals surface area contributed by atoms with E-state index in [1.165, 1.54) is 5.56 Å². The second-order valence-electron chi connectivity index (χ2n) is 3.05. The Morgan fingerprint density at radius 2 is 1.67 bits per heavy atom. The third-order valence-electron chi connectivity index (χ3n) is 1.50. The molecule has 0 nitrogen and oxygen atoms in total. The molecule has 12 heavy (non-hydrogen) atoms. The average Bonchev–Trinajstić information content (AvgIpc) is 1.97. The molecule has 0 aromatic heterocycles. The van der Waals surface area contributed by atoms with Crippen molar-refractivity contribution in [3.05, 3.63) is 39.1 Å². The van der Waals surface area contributed by atoms with Gasteiger partial charge in [0.1, 0.15) is 0 Å². The van der Waals surface area contributed by atoms with Crippen LogP contribution in [0.4, 0.5) is 0 Å². The standard InChI is InChI=1S/C10H11Br2/c1-7(2)6-8-9(11)4-3-5-10(8)12/h3-7H,1-2H3. The Balaban J connectivity index is 2.96. The fourth-order valence-electron chi connectivity index (χ4n) is 1.00. The Hall–Kier alpha value is 0.180. The normalized spacial score (nSPS) is 10.8. The van der Waals surface area contributed by atoms with Gasteiger partial charge in [-0.1, -0.05) is 51.8 Å². The summed E-state index contributed by atoms with van der Waals surface area (Å²) in [7, 11) is 0. The minimum atomic E-state index is 0.569. The molecule has 0 saturated heterocycles. The van der Waals surface area contributed by atoms with Crippen LogP contribution in [0, 0.1) is 12.3 Å². The highest BCUT2D eigenvalue weighted by Crippen LogP contribution is 2.28. The Morgan fingerprint density at radius 1 is 1.17 bits per heavy atom. The lowest BCUT2D eigenvalue weighted by Gasteiger charge is -2.08. The van der Waals surface area contributed by atoms with Gasteiger partial charge < -0.3 is 0 Å². The summed E-state index contributed by atoms with van der Waals surface area (Å²) in [5.74, 6) is 0.569. The molecule has 0 saturated carbocycles. The Labute approximate surface area is 90.6 Å². The molecule has 1 aromatic carbocycles. The third kappa shape index (κ3) is 2.60. The van der Waals surface area contributed by atoms with Crippen molar-refractivity contribution >= 4 is 31.9 Å². The van der Waals surface area contributed by atoms with Crippen LogP contribution in [0.2, 0.25) is 0 Å². The van der Waals surface area contributed by atoms with E-state index in [1.807, 2.05) is 6.07 Å². The monoisotopic (exact) mass is 289 g/mol. The summed E-state index contributed by atoms with van der Waals surface area (Å²) in [4.78, 5) is 0. The Morgan fingerprint density at radius 3 is 2.08 bits per heavy atom. The van der Waals surface area contributed by atoms with E-state index in [1.54, 1.807) is 0 Å². The fraction of sp³-hybridized carbons (Fsp3) is 0.300. The minimum absolute atomic E-state index is 0.569. The number of hydrogen-bond acceptors (Lipinski definition) is 0. The minimum Gasteiger partial charge on any atom is -0.0622 e. The SMILES string of the molecule is CC(C)[CH]c1c(Br)cccc1Br. The molecule has 2 heteroatoms. The van der Waals surface area contributed by atoms with E-state index in [4.69, 9.17) is 0 Å². The topological polar surface area (TPSA) is 0 Å². The summed E-state index contributed by atoms with van der Waals surface area (Å²) in [6.45, 7) is 4.34. The number of rotatable bonds is 2. The van der Waals surface area contributed by atoms with Gasteiger partial charge in [0.25, 0.3) is 0 Å². The lowest BCUT2D eigenvalue weighted by Crippen LogP contribution is -1.92. The molecule has 0 unspecified atom stereocenters. The summed E-state index contributed by atoms with van der Waals surface area (Å²) in [6, 6.07) is 6.13. The van der Waals surface area contributed by atoms with Crippen molar-refractivity contribution in [2.45, 2.75) is 13.8 Å². The molecule has 0 heterocycles. The van der Waals surface area contributed by atoms with E-state index in [2.05, 4.69) is 64.3 Å². The van der Waals surface area contributed by atoms with Crippen LogP contribution in [0.15, 0.2) is 27.1 Å². The molecule has 0 bridgehead atoms. The van der Waals surface area contributed by atoms with E-state index in [0.29, 0.717) is 5.92 Å². The number of halogens is 2. The lowest BCUT2D eigenvalue weighted by atomic mass is 10.0. The van der Waals surface area contributed by atoms with Gasteiger partial charge in [0.2, 0.25) is 0 Å². The Kier molecular flexibility index (Phi) is 3.78. The van der Waals surface area contributed by atoms with Crippen molar-refractivity contribution in [3.63, 3.8) is 0 Å². The zero-order valence-corrected chi connectivity index (χ0v) is 10.3. The van der Waals surface area contributed by atoms with Crippen molar-refractivity contribution in [1.82, 2.24) is 0 Å². The van der Waals surface area contributed by atoms with E-state index in [9.17, 15) is 0 Å². The number of benzene rings is 1. The van der Waals surface area contributed by atoms with Crippen LogP contribution in [0.3, 0.4) is 0 Å². The van der Waals surface area contributed by atoms with Crippen molar-refractivity contribution in [3.8, 4) is 0 Å². The van der Waals surface area contributed by atoms with Gasteiger partial charge in [-0.25, -0.2) is 0 Å². The molecule has 0 aliphatic rings. The maximum absolute atomic E-state index is 3.51. The molecule has 1 radical (unpaired) electrons. The predicted molar refractivity (Wildman–Crippen MR) is 60.1 cm³/mol. The molecule has 0 spiro atoms. The van der Waals surface area contributed by atoms with Crippen LogP contribution in [-0.4, -0.2) is 0 Å². The van der Waals surface area contributed by atoms with Crippen LogP contribution >= 0.6 is 31.9 Å². The maximum Gasteiger partial charge on any atom is 0.0221 e. The first-order chi connectivity index (χ1) is 5.61. The van der Waals surface area contributed by atoms with Crippen LogP contribution < -0.4 is 0 Å². The quantitative estimate of drug-likeness (QED) is 0.756. The highest BCUT2D eigenvalue weighted by Gasteiger charge is 2.06. The molecule has 0 aliphatic carbocycles. The maximum atomic E-state index is 3.51. The summed E-state index contributed by atoms with van der Waals surface area (Å²) < 4.78 is 2.29. The first kappa shape index (κ1) is 10.3. The first-order valence-corrected chi connectivity index (χ1v) is 5.48. The highest BCUT2D eigenvalue weighted by atomic mass is 79.9. The van der Waals surface area contributed by atoms with E-state index in [-0.39, 0.29) is 0 Å². The van der Waals surface area contributed by atoms with Crippen LogP contribution in [0.5, 0.6) is 0 Å². The molecule has 0 amide bonds. The van der Waals surface area contributed by atoms with Crippen LogP contribution in [-0.2, 0) is 0 Å². The molecular formula is C10H11Br2. The highest BCUT2D eigenvalue weighted by molar-refractivity contribution is 9.11. The second kappa shape index (κ2) is 4.43. The van der Waals surface area contributed by atoms with Gasteiger partial charge in [0, 0.05) is 8.95 Å². The van der Waals surface area contributed by atoms with Crippen LogP contribution in [0.1, 0.15) is 19.4 Å². The van der Waals surface area contributed by atoms with Crippen molar-refractivity contribution in [2.24, 2.45) is 5.92 Å². The van der Waals surface area contributed by atoms with E-state index < -0.39 is 0 Å². The summed E-state index contributed by atoms with van der Waals surface area (Å²) in [6.07, 6.45) is 2.23. The second-order valence-corrected chi connectivity index (χ2v) is 4.75. The van der Waals surface area contributed by atoms with Gasteiger partial charge in [0.15, 0.2) is 0 Å². The molecule has 65 valence electrons. The summed E-state index contributed by atoms with van der Waals surface area (Å²) in [5.41, 5.74) is 1.24. The first-order valence-electron chi connectivity index (χ1n) is 3.90. The molecular weight excluding hydrogens is 280 g/mol. The average molecular weight is 291 g/mol. The zero-order valence-electron chi connectivity index (χ0n) is 7.14. The number of hydrogen-bond donors (Lipinski definition) is 0. The van der Waals surface area contributed by atoms with Crippen molar-refractivity contribution in [2.75, 3.05) is 0 Å². The van der Waals surface area contributed by atoms with Crippen molar-refractivity contribution < 1.29 is 0 Å². The van der Waals surface area contributed by atoms with Gasteiger partial charge >= 0.3 is 0 Å². The van der Waals surface area contributed by atoms with Crippen LogP contribution in [0.25, 0.3) is 0 Å². The molecule has 0 aliphatic heterocycles. The summed E-state index contributed by atoms with van der Waals surface area (Å²) in [5, 5.41) is 0. The van der Waals surface area contributed by atoms with Crippen molar-refractivity contribution in [1.29, 1.82) is 0 Å². The third-order valence-corrected chi connectivity index (χ3v) is 2.88. The van der Waals surface area contributed by atoms with Gasteiger partial charge in [-0.3, -0.25) is 0 Å². The largest absolute Gasteiger partial charge is 0.0622 e. The fourth-order valence-corrected chi connectivity index (χ4v) is 2.27. The lowest BCUT2D eigenvalue weighted by molar-refractivity contribution is 0.774. The van der Waals surface area contributed by atoms with Gasteiger partial charge in [-0.05, 0) is 30.0 Å². The molecule has 1 rings (SSSR count). The zero-order chi connectivity index (χ0) is 9.14. The summed E-state index contributed by atoms with van der Waals surface area (Å²) >= 11 is 7.03. The van der Waals surface area contributed by atoms with Gasteiger partial charge in [-0.2, -0.15) is 0 Å². The van der Waals surface area contributed by atoms with Gasteiger partial charge in [-0.15, -0.1) is 0 Å². The smallest absolute Gasteiger partial charge is 0.0221 e. The molecule has 0 N–H and O–H groups in total. The molecule has 0 fully saturated rings. The molecule has 1 aromatic rings.